The number of pyridine rings is 1. The summed E-state index contributed by atoms with van der Waals surface area (Å²) in [6, 6.07) is 17.1. The summed E-state index contributed by atoms with van der Waals surface area (Å²) < 4.78 is 0. The minimum atomic E-state index is 0.0342. The van der Waals surface area contributed by atoms with Gasteiger partial charge in [0.25, 0.3) is 0 Å². The van der Waals surface area contributed by atoms with Crippen molar-refractivity contribution < 1.29 is 0 Å². The second-order valence-electron chi connectivity index (χ2n) is 6.48. The molecule has 2 aromatic heterocycles. The molecule has 1 aromatic carbocycles. The first-order valence-electron chi connectivity index (χ1n) is 8.82. The van der Waals surface area contributed by atoms with Crippen LogP contribution in [-0.2, 0) is 6.42 Å². The molecule has 1 fully saturated rings. The van der Waals surface area contributed by atoms with E-state index in [9.17, 15) is 0 Å². The minimum Gasteiger partial charge on any atom is -0.351 e. The fourth-order valence-electron chi connectivity index (χ4n) is 3.48. The molecule has 1 aliphatic rings. The Balaban J connectivity index is 1.81. The molecule has 0 unspecified atom stereocenters. The number of hydrogen-bond donors (Lipinski definition) is 1. The molecule has 0 radical (unpaired) electrons. The summed E-state index contributed by atoms with van der Waals surface area (Å²) in [6.07, 6.45) is 2.88. The number of benzene rings is 1. The fraction of sp³-hybridized carbons (Fsp3) is 0.238. The molecule has 0 saturated carbocycles. The lowest BCUT2D eigenvalue weighted by Gasteiger charge is -2.27. The lowest BCUT2D eigenvalue weighted by atomic mass is 10.0. The maximum atomic E-state index is 5.75. The molecule has 1 N–H and O–H groups in total. The first kappa shape index (κ1) is 17.2. The van der Waals surface area contributed by atoms with Crippen molar-refractivity contribution in [2.45, 2.75) is 32.4 Å². The zero-order valence-corrected chi connectivity index (χ0v) is 16.5. The number of anilines is 1. The van der Waals surface area contributed by atoms with Crippen molar-refractivity contribution in [1.82, 2.24) is 10.3 Å². The van der Waals surface area contributed by atoms with Gasteiger partial charge in [0.15, 0.2) is 5.11 Å². The number of nitrogens with one attached hydrogen (secondary N) is 1. The summed E-state index contributed by atoms with van der Waals surface area (Å²) in [5.74, 6) is 0. The van der Waals surface area contributed by atoms with E-state index in [2.05, 4.69) is 70.8 Å². The van der Waals surface area contributed by atoms with Gasteiger partial charge in [-0.15, -0.1) is 11.3 Å². The standard InChI is InChI=1S/C21H21N3S2/c1-3-15-7-9-16(10-8-15)24-19(20-14(2)11-13-26-20)18(23-21(24)25)17-6-4-5-12-22-17/h4-13,18-19H,3H2,1-2H3,(H,23,25)/t18-,19-/m0/s1. The van der Waals surface area contributed by atoms with Crippen molar-refractivity contribution in [1.29, 1.82) is 0 Å². The van der Waals surface area contributed by atoms with E-state index in [-0.39, 0.29) is 12.1 Å². The fourth-order valence-corrected chi connectivity index (χ4v) is 4.88. The van der Waals surface area contributed by atoms with Crippen molar-refractivity contribution in [3.8, 4) is 0 Å². The molecule has 0 spiro atoms. The van der Waals surface area contributed by atoms with E-state index < -0.39 is 0 Å². The summed E-state index contributed by atoms with van der Waals surface area (Å²) in [6.45, 7) is 4.34. The Kier molecular flexibility index (Phi) is 4.74. The Morgan fingerprint density at radius 3 is 2.58 bits per heavy atom. The summed E-state index contributed by atoms with van der Waals surface area (Å²) in [7, 11) is 0. The van der Waals surface area contributed by atoms with Gasteiger partial charge < -0.3 is 10.2 Å². The maximum absolute atomic E-state index is 5.75. The van der Waals surface area contributed by atoms with Gasteiger partial charge in [0.2, 0.25) is 0 Å². The van der Waals surface area contributed by atoms with Crippen LogP contribution in [0.25, 0.3) is 0 Å². The highest BCUT2D eigenvalue weighted by molar-refractivity contribution is 7.80. The van der Waals surface area contributed by atoms with Gasteiger partial charge >= 0.3 is 0 Å². The Morgan fingerprint density at radius 2 is 1.96 bits per heavy atom. The monoisotopic (exact) mass is 379 g/mol. The number of hydrogen-bond acceptors (Lipinski definition) is 3. The van der Waals surface area contributed by atoms with Crippen LogP contribution < -0.4 is 10.2 Å². The van der Waals surface area contributed by atoms with Crippen LogP contribution in [-0.4, -0.2) is 10.1 Å². The first-order valence-corrected chi connectivity index (χ1v) is 10.1. The number of rotatable bonds is 4. The van der Waals surface area contributed by atoms with Crippen LogP contribution in [0.3, 0.4) is 0 Å². The van der Waals surface area contributed by atoms with Crippen LogP contribution in [0.1, 0.15) is 40.7 Å². The highest BCUT2D eigenvalue weighted by atomic mass is 32.1. The number of nitrogens with zero attached hydrogens (tertiary/aromatic N) is 2. The van der Waals surface area contributed by atoms with Gasteiger partial charge in [0, 0.05) is 16.8 Å². The zero-order valence-electron chi connectivity index (χ0n) is 14.8. The van der Waals surface area contributed by atoms with Crippen molar-refractivity contribution >= 4 is 34.4 Å². The first-order chi connectivity index (χ1) is 12.7. The third-order valence-electron chi connectivity index (χ3n) is 4.89. The van der Waals surface area contributed by atoms with Crippen molar-refractivity contribution in [2.75, 3.05) is 4.90 Å². The van der Waals surface area contributed by atoms with E-state index in [0.717, 1.165) is 22.9 Å². The summed E-state index contributed by atoms with van der Waals surface area (Å²) in [5, 5.41) is 6.42. The van der Waals surface area contributed by atoms with E-state index in [4.69, 9.17) is 12.2 Å². The molecule has 0 bridgehead atoms. The Labute approximate surface area is 163 Å². The quantitative estimate of drug-likeness (QED) is 0.631. The maximum Gasteiger partial charge on any atom is 0.174 e. The molecule has 3 aromatic rings. The lowest BCUT2D eigenvalue weighted by molar-refractivity contribution is 0.573. The average molecular weight is 380 g/mol. The summed E-state index contributed by atoms with van der Waals surface area (Å²) >= 11 is 7.53. The van der Waals surface area contributed by atoms with Gasteiger partial charge in [0.05, 0.1) is 17.8 Å². The van der Waals surface area contributed by atoms with Crippen LogP contribution in [0.2, 0.25) is 0 Å². The van der Waals surface area contributed by atoms with Crippen LogP contribution in [0.5, 0.6) is 0 Å². The third kappa shape index (κ3) is 3.02. The van der Waals surface area contributed by atoms with E-state index in [0.29, 0.717) is 0 Å². The third-order valence-corrected chi connectivity index (χ3v) is 6.30. The van der Waals surface area contributed by atoms with Gasteiger partial charge in [-0.2, -0.15) is 0 Å². The molecule has 2 atom stereocenters. The molecule has 1 aliphatic heterocycles. The predicted molar refractivity (Wildman–Crippen MR) is 113 cm³/mol. The highest BCUT2D eigenvalue weighted by Gasteiger charge is 2.41. The molecule has 26 heavy (non-hydrogen) atoms. The van der Waals surface area contributed by atoms with Crippen molar-refractivity contribution in [3.63, 3.8) is 0 Å². The second-order valence-corrected chi connectivity index (χ2v) is 7.82. The average Bonchev–Trinajstić information content (AvgIpc) is 3.25. The minimum absolute atomic E-state index is 0.0342. The molecule has 0 aliphatic carbocycles. The molecular weight excluding hydrogens is 358 g/mol. The lowest BCUT2D eigenvalue weighted by Crippen LogP contribution is -2.29. The molecule has 1 saturated heterocycles. The molecule has 4 rings (SSSR count). The molecule has 0 amide bonds. The van der Waals surface area contributed by atoms with Gasteiger partial charge in [-0.1, -0.05) is 25.1 Å². The molecule has 3 heterocycles. The van der Waals surface area contributed by atoms with Gasteiger partial charge in [-0.05, 0) is 72.4 Å². The van der Waals surface area contributed by atoms with E-state index in [1.807, 2.05) is 18.3 Å². The summed E-state index contributed by atoms with van der Waals surface area (Å²) in [4.78, 5) is 8.17. The Bertz CT molecular complexity index is 903. The smallest absolute Gasteiger partial charge is 0.174 e. The van der Waals surface area contributed by atoms with Crippen molar-refractivity contribution in [2.24, 2.45) is 0 Å². The topological polar surface area (TPSA) is 28.2 Å². The summed E-state index contributed by atoms with van der Waals surface area (Å²) in [5.41, 5.74) is 4.76. The normalized spacial score (nSPS) is 19.6. The number of aryl methyl sites for hydroxylation is 2. The largest absolute Gasteiger partial charge is 0.351 e. The van der Waals surface area contributed by atoms with Crippen molar-refractivity contribution in [3.05, 3.63) is 81.8 Å². The molecule has 132 valence electrons. The predicted octanol–water partition coefficient (Wildman–Crippen LogP) is 5.19. The van der Waals surface area contributed by atoms with E-state index in [1.165, 1.54) is 16.0 Å². The number of aromatic nitrogens is 1. The van der Waals surface area contributed by atoms with Gasteiger partial charge in [-0.3, -0.25) is 4.98 Å². The van der Waals surface area contributed by atoms with Gasteiger partial charge in [0.1, 0.15) is 0 Å². The molecule has 5 heteroatoms. The molecule has 3 nitrogen and oxygen atoms in total. The highest BCUT2D eigenvalue weighted by Crippen LogP contribution is 2.44. The van der Waals surface area contributed by atoms with Gasteiger partial charge in [-0.25, -0.2) is 0 Å². The molecular formula is C21H21N3S2. The SMILES string of the molecule is CCc1ccc(N2C(=S)N[C@@H](c3ccccn3)[C@H]2c2sccc2C)cc1. The number of thiophene rings is 1. The van der Waals surface area contributed by atoms with Crippen LogP contribution in [0, 0.1) is 6.92 Å². The Hall–Kier alpha value is -2.24. The second kappa shape index (κ2) is 7.17. The van der Waals surface area contributed by atoms with Crippen LogP contribution >= 0.6 is 23.6 Å². The Morgan fingerprint density at radius 1 is 1.15 bits per heavy atom. The van der Waals surface area contributed by atoms with Crippen LogP contribution in [0.4, 0.5) is 5.69 Å². The zero-order chi connectivity index (χ0) is 18.1. The van der Waals surface area contributed by atoms with E-state index in [1.54, 1.807) is 11.3 Å². The van der Waals surface area contributed by atoms with E-state index >= 15 is 0 Å². The number of thiocarbonyl (C=S) groups is 1. The van der Waals surface area contributed by atoms with Crippen LogP contribution in [0.15, 0.2) is 60.1 Å².